The summed E-state index contributed by atoms with van der Waals surface area (Å²) < 4.78 is 15.4. The maximum atomic E-state index is 15.4. The lowest BCUT2D eigenvalue weighted by atomic mass is 9.44. The SMILES string of the molecule is C[C@]12CC[C@H]3[C@@H](C/C(=N/O)C4C/C(=N/O[C@@H]5CCNC5)[C@H](F)C[C@@]43C)[C@@H]1CC[C@@H]2O.O=C(O)/C=C/C(=O)O. The number of carboxylic acid groups (broad SMARTS) is 2. The average molecular weight is 538 g/mol. The Balaban J connectivity index is 0.000000368. The molecule has 5 rings (SSSR count). The van der Waals surface area contributed by atoms with Gasteiger partial charge in [0.05, 0.1) is 17.5 Å². The third-order valence-corrected chi connectivity index (χ3v) is 10.1. The number of fused-ring (bicyclic) bond motifs is 5. The van der Waals surface area contributed by atoms with Crippen molar-refractivity contribution in [1.29, 1.82) is 0 Å². The lowest BCUT2D eigenvalue weighted by Gasteiger charge is -2.60. The van der Waals surface area contributed by atoms with E-state index in [1.807, 2.05) is 0 Å². The van der Waals surface area contributed by atoms with Gasteiger partial charge < -0.3 is 30.7 Å². The predicted molar refractivity (Wildman–Crippen MR) is 137 cm³/mol. The monoisotopic (exact) mass is 537 g/mol. The molecule has 1 saturated heterocycles. The molecule has 5 fully saturated rings. The van der Waals surface area contributed by atoms with Crippen LogP contribution in [0.5, 0.6) is 0 Å². The number of oxime groups is 2. The minimum absolute atomic E-state index is 0.00971. The maximum Gasteiger partial charge on any atom is 0.328 e. The largest absolute Gasteiger partial charge is 0.478 e. The Bertz CT molecular complexity index is 981. The Morgan fingerprint density at radius 1 is 1.03 bits per heavy atom. The van der Waals surface area contributed by atoms with Gasteiger partial charge in [-0.3, -0.25) is 0 Å². The first-order valence-electron chi connectivity index (χ1n) is 13.6. The summed E-state index contributed by atoms with van der Waals surface area (Å²) in [6, 6.07) is 0. The Labute approximate surface area is 222 Å². The third kappa shape index (κ3) is 5.45. The summed E-state index contributed by atoms with van der Waals surface area (Å²) in [4.78, 5) is 24.7. The van der Waals surface area contributed by atoms with Gasteiger partial charge in [0, 0.05) is 37.5 Å². The summed E-state index contributed by atoms with van der Waals surface area (Å²) in [5.74, 6) is -1.32. The summed E-state index contributed by atoms with van der Waals surface area (Å²) in [7, 11) is 0. The fourth-order valence-electron chi connectivity index (χ4n) is 8.08. The van der Waals surface area contributed by atoms with Gasteiger partial charge in [0.2, 0.25) is 0 Å². The van der Waals surface area contributed by atoms with Crippen molar-refractivity contribution in [3.63, 3.8) is 0 Å². The van der Waals surface area contributed by atoms with Gasteiger partial charge in [-0.05, 0) is 73.7 Å². The van der Waals surface area contributed by atoms with E-state index >= 15 is 4.39 Å². The smallest absolute Gasteiger partial charge is 0.328 e. The molecule has 0 bridgehead atoms. The van der Waals surface area contributed by atoms with E-state index in [4.69, 9.17) is 15.1 Å². The number of aliphatic carboxylic acids is 2. The Hall–Kier alpha value is -2.53. The van der Waals surface area contributed by atoms with Crippen LogP contribution in [0.1, 0.15) is 65.2 Å². The molecule has 5 aliphatic rings. The number of aliphatic hydroxyl groups is 1. The van der Waals surface area contributed by atoms with Gasteiger partial charge in [-0.2, -0.15) is 0 Å². The predicted octanol–water partition coefficient (Wildman–Crippen LogP) is 3.22. The van der Waals surface area contributed by atoms with E-state index in [0.29, 0.717) is 48.5 Å². The first-order chi connectivity index (χ1) is 18.0. The van der Waals surface area contributed by atoms with Gasteiger partial charge >= 0.3 is 11.9 Å². The van der Waals surface area contributed by atoms with Crippen molar-refractivity contribution in [3.8, 4) is 0 Å². The van der Waals surface area contributed by atoms with Gasteiger partial charge in [-0.15, -0.1) is 0 Å². The molecular formula is C27H40FN3O7. The quantitative estimate of drug-likeness (QED) is 0.207. The lowest BCUT2D eigenvalue weighted by Crippen LogP contribution is -2.58. The summed E-state index contributed by atoms with van der Waals surface area (Å²) in [5.41, 5.74) is 0.976. The number of carboxylic acids is 2. The standard InChI is InChI=1S/C23H36FN3O3.C4H4O4/c1-22-7-5-16-14(15(22)3-4-21(22)28)9-19(26-29)17-10-20(18(24)11-23(16,17)2)27-30-13-6-8-25-12-13;5-3(6)1-2-4(7)8/h13-18,21,25,28-29H,3-12H2,1-2H3;1-2H,(H,5,6)(H,7,8)/b26-19-,27-20-;2-1+/t13-,14+,15+,16+,17?,18-,21+,22+,23-;/m1./s1. The molecule has 5 N–H and O–H groups in total. The highest BCUT2D eigenvalue weighted by molar-refractivity contribution is 5.97. The van der Waals surface area contributed by atoms with Gasteiger partial charge in [0.25, 0.3) is 0 Å². The summed E-state index contributed by atoms with van der Waals surface area (Å²) in [6.07, 6.45) is 6.22. The van der Waals surface area contributed by atoms with Crippen LogP contribution in [-0.2, 0) is 14.4 Å². The van der Waals surface area contributed by atoms with Crippen LogP contribution >= 0.6 is 0 Å². The van der Waals surface area contributed by atoms with Crippen molar-refractivity contribution >= 4 is 23.4 Å². The fraction of sp³-hybridized carbons (Fsp3) is 0.778. The number of alkyl halides is 1. The minimum atomic E-state index is -1.26. The first kappa shape index (κ1) is 28.5. The molecule has 9 atom stereocenters. The normalized spacial score (nSPS) is 44.2. The second kappa shape index (κ2) is 11.3. The number of hydrogen-bond donors (Lipinski definition) is 5. The zero-order chi connectivity index (χ0) is 27.7. The number of rotatable bonds is 4. The number of nitrogens with zero attached hydrogens (tertiary/aromatic N) is 2. The molecule has 1 unspecified atom stereocenters. The Morgan fingerprint density at radius 3 is 2.32 bits per heavy atom. The van der Waals surface area contributed by atoms with E-state index in [-0.39, 0.29) is 29.0 Å². The molecule has 38 heavy (non-hydrogen) atoms. The van der Waals surface area contributed by atoms with Crippen molar-refractivity contribution in [2.24, 2.45) is 44.8 Å². The van der Waals surface area contributed by atoms with Crippen molar-refractivity contribution in [3.05, 3.63) is 12.2 Å². The van der Waals surface area contributed by atoms with Crippen LogP contribution in [0, 0.1) is 34.5 Å². The Morgan fingerprint density at radius 2 is 1.71 bits per heavy atom. The molecule has 4 saturated carbocycles. The van der Waals surface area contributed by atoms with Gasteiger partial charge in [-0.25, -0.2) is 14.0 Å². The topological polar surface area (TPSA) is 161 Å². The average Bonchev–Trinajstić information content (AvgIpc) is 3.49. The molecule has 10 nitrogen and oxygen atoms in total. The second-order valence-electron chi connectivity index (χ2n) is 12.1. The third-order valence-electron chi connectivity index (χ3n) is 10.1. The minimum Gasteiger partial charge on any atom is -0.478 e. The van der Waals surface area contributed by atoms with Crippen LogP contribution in [0.15, 0.2) is 22.5 Å². The molecule has 0 aromatic heterocycles. The van der Waals surface area contributed by atoms with Crippen molar-refractivity contribution in [2.45, 2.75) is 83.6 Å². The van der Waals surface area contributed by atoms with Gasteiger partial charge in [-0.1, -0.05) is 24.2 Å². The number of carbonyl (C=O) groups is 2. The Kier molecular flexibility index (Phi) is 8.46. The molecule has 1 heterocycles. The molecule has 1 aliphatic heterocycles. The highest BCUT2D eigenvalue weighted by atomic mass is 19.1. The maximum absolute atomic E-state index is 15.4. The second-order valence-corrected chi connectivity index (χ2v) is 12.1. The summed E-state index contributed by atoms with van der Waals surface area (Å²) in [6.45, 7) is 6.11. The van der Waals surface area contributed by atoms with Crippen LogP contribution in [0.3, 0.4) is 0 Å². The molecule has 0 amide bonds. The van der Waals surface area contributed by atoms with Gasteiger partial charge in [0.15, 0.2) is 0 Å². The number of aliphatic hydroxyl groups excluding tert-OH is 1. The van der Waals surface area contributed by atoms with Crippen LogP contribution in [-0.4, -0.2) is 75.4 Å². The number of hydrogen-bond acceptors (Lipinski definition) is 8. The van der Waals surface area contributed by atoms with Crippen molar-refractivity contribution in [2.75, 3.05) is 13.1 Å². The van der Waals surface area contributed by atoms with Crippen LogP contribution < -0.4 is 5.32 Å². The molecule has 212 valence electrons. The van der Waals surface area contributed by atoms with E-state index in [9.17, 15) is 19.9 Å². The molecule has 0 aromatic carbocycles. The molecule has 0 spiro atoms. The van der Waals surface area contributed by atoms with E-state index < -0.39 is 18.1 Å². The number of nitrogens with one attached hydrogen (secondary N) is 1. The molecule has 0 aromatic rings. The summed E-state index contributed by atoms with van der Waals surface area (Å²) >= 11 is 0. The van der Waals surface area contributed by atoms with E-state index in [0.717, 1.165) is 57.3 Å². The van der Waals surface area contributed by atoms with E-state index in [1.54, 1.807) is 0 Å². The molecule has 11 heteroatoms. The molecular weight excluding hydrogens is 497 g/mol. The van der Waals surface area contributed by atoms with Crippen LogP contribution in [0.4, 0.5) is 4.39 Å². The molecule has 0 radical (unpaired) electrons. The van der Waals surface area contributed by atoms with E-state index in [2.05, 4.69) is 29.5 Å². The molecule has 4 aliphatic carbocycles. The van der Waals surface area contributed by atoms with Crippen molar-refractivity contribution in [1.82, 2.24) is 5.32 Å². The number of halogens is 1. The van der Waals surface area contributed by atoms with Crippen LogP contribution in [0.2, 0.25) is 0 Å². The highest BCUT2D eigenvalue weighted by Crippen LogP contribution is 2.65. The zero-order valence-corrected chi connectivity index (χ0v) is 22.1. The first-order valence-corrected chi connectivity index (χ1v) is 13.6. The van der Waals surface area contributed by atoms with E-state index in [1.165, 1.54) is 0 Å². The van der Waals surface area contributed by atoms with Crippen molar-refractivity contribution < 1.29 is 39.3 Å². The fourth-order valence-corrected chi connectivity index (χ4v) is 8.08. The zero-order valence-electron chi connectivity index (χ0n) is 22.1. The van der Waals surface area contributed by atoms with Crippen LogP contribution in [0.25, 0.3) is 0 Å². The summed E-state index contributed by atoms with van der Waals surface area (Å²) in [5, 5.41) is 47.4. The lowest BCUT2D eigenvalue weighted by molar-refractivity contribution is -0.134. The highest BCUT2D eigenvalue weighted by Gasteiger charge is 2.62. The van der Waals surface area contributed by atoms with Gasteiger partial charge in [0.1, 0.15) is 12.3 Å².